The third-order valence-electron chi connectivity index (χ3n) is 2.42. The van der Waals surface area contributed by atoms with Gasteiger partial charge in [-0.15, -0.1) is 0 Å². The van der Waals surface area contributed by atoms with E-state index in [-0.39, 0.29) is 0 Å². The van der Waals surface area contributed by atoms with Gasteiger partial charge in [0, 0.05) is 26.2 Å². The maximum atomic E-state index is 4.01. The second-order valence-electron chi connectivity index (χ2n) is 3.39. The van der Waals surface area contributed by atoms with Crippen LogP contribution in [0, 0.1) is 0 Å². The zero-order chi connectivity index (χ0) is 9.10. The molecule has 1 aliphatic heterocycles. The van der Waals surface area contributed by atoms with Gasteiger partial charge in [0.05, 0.1) is 18.1 Å². The molecule has 0 bridgehead atoms. The summed E-state index contributed by atoms with van der Waals surface area (Å²) in [5.74, 6) is 0. The van der Waals surface area contributed by atoms with E-state index in [0.717, 1.165) is 31.9 Å². The molecule has 0 aliphatic carbocycles. The number of hydrogen-bond donors (Lipinski definition) is 0. The van der Waals surface area contributed by atoms with Gasteiger partial charge < -0.3 is 9.80 Å². The Morgan fingerprint density at radius 2 is 1.69 bits per heavy atom. The standard InChI is InChI=1S/C9H14N4/c1-12-2-4-13(5-3-12)9-6-10-8-11-7-9/h6-8H,2-5H2,1H3. The van der Waals surface area contributed by atoms with Gasteiger partial charge in [-0.05, 0) is 7.05 Å². The van der Waals surface area contributed by atoms with Crippen molar-refractivity contribution in [3.8, 4) is 0 Å². The molecule has 13 heavy (non-hydrogen) atoms. The molecule has 70 valence electrons. The van der Waals surface area contributed by atoms with Crippen LogP contribution in [0.15, 0.2) is 18.7 Å². The monoisotopic (exact) mass is 178 g/mol. The van der Waals surface area contributed by atoms with Crippen molar-refractivity contribution in [1.29, 1.82) is 0 Å². The molecule has 1 aromatic heterocycles. The second-order valence-corrected chi connectivity index (χ2v) is 3.39. The van der Waals surface area contributed by atoms with E-state index in [4.69, 9.17) is 0 Å². The Morgan fingerprint density at radius 1 is 1.08 bits per heavy atom. The molecule has 4 heteroatoms. The summed E-state index contributed by atoms with van der Waals surface area (Å²) in [7, 11) is 2.15. The fourth-order valence-electron chi connectivity index (χ4n) is 1.52. The molecule has 0 spiro atoms. The van der Waals surface area contributed by atoms with Crippen LogP contribution in [-0.4, -0.2) is 48.1 Å². The van der Waals surface area contributed by atoms with Crippen molar-refractivity contribution in [2.24, 2.45) is 0 Å². The van der Waals surface area contributed by atoms with Crippen molar-refractivity contribution in [3.63, 3.8) is 0 Å². The van der Waals surface area contributed by atoms with Gasteiger partial charge in [-0.2, -0.15) is 0 Å². The lowest BCUT2D eigenvalue weighted by Gasteiger charge is -2.33. The van der Waals surface area contributed by atoms with Gasteiger partial charge in [0.15, 0.2) is 0 Å². The van der Waals surface area contributed by atoms with Crippen LogP contribution in [0.25, 0.3) is 0 Å². The maximum Gasteiger partial charge on any atom is 0.115 e. The van der Waals surface area contributed by atoms with Gasteiger partial charge in [0.2, 0.25) is 0 Å². The average molecular weight is 178 g/mol. The summed E-state index contributed by atoms with van der Waals surface area (Å²) in [6, 6.07) is 0. The largest absolute Gasteiger partial charge is 0.366 e. The molecule has 0 N–H and O–H groups in total. The molecule has 1 fully saturated rings. The zero-order valence-corrected chi connectivity index (χ0v) is 7.85. The van der Waals surface area contributed by atoms with Gasteiger partial charge in [-0.3, -0.25) is 0 Å². The van der Waals surface area contributed by atoms with Gasteiger partial charge in [0.25, 0.3) is 0 Å². The summed E-state index contributed by atoms with van der Waals surface area (Å²) in [5.41, 5.74) is 1.13. The van der Waals surface area contributed by atoms with Crippen LogP contribution in [0.2, 0.25) is 0 Å². The SMILES string of the molecule is CN1CCN(c2cncnc2)CC1. The molecule has 2 rings (SSSR count). The van der Waals surface area contributed by atoms with Crippen LogP contribution in [0.3, 0.4) is 0 Å². The minimum Gasteiger partial charge on any atom is -0.366 e. The van der Waals surface area contributed by atoms with E-state index in [1.807, 2.05) is 12.4 Å². The van der Waals surface area contributed by atoms with Gasteiger partial charge in [-0.1, -0.05) is 0 Å². The predicted molar refractivity (Wildman–Crippen MR) is 51.7 cm³/mol. The third kappa shape index (κ3) is 1.95. The van der Waals surface area contributed by atoms with E-state index in [1.54, 1.807) is 6.33 Å². The molecular formula is C9H14N4. The Labute approximate surface area is 78.2 Å². The summed E-state index contributed by atoms with van der Waals surface area (Å²) in [6.45, 7) is 4.39. The number of aromatic nitrogens is 2. The summed E-state index contributed by atoms with van der Waals surface area (Å²) in [5, 5.41) is 0. The molecule has 0 radical (unpaired) electrons. The topological polar surface area (TPSA) is 32.3 Å². The van der Waals surface area contributed by atoms with Gasteiger partial charge in [0.1, 0.15) is 6.33 Å². The predicted octanol–water partition coefficient (Wildman–Crippen LogP) is 0.228. The Bertz CT molecular complexity index is 254. The number of nitrogens with zero attached hydrogens (tertiary/aromatic N) is 4. The van der Waals surface area contributed by atoms with Crippen LogP contribution < -0.4 is 4.90 Å². The zero-order valence-electron chi connectivity index (χ0n) is 7.85. The lowest BCUT2D eigenvalue weighted by Crippen LogP contribution is -2.44. The highest BCUT2D eigenvalue weighted by molar-refractivity contribution is 5.41. The molecular weight excluding hydrogens is 164 g/mol. The average Bonchev–Trinajstić information content (AvgIpc) is 2.20. The lowest BCUT2D eigenvalue weighted by atomic mass is 10.3. The first-order valence-corrected chi connectivity index (χ1v) is 4.55. The minimum atomic E-state index is 1.07. The molecule has 1 aliphatic rings. The van der Waals surface area contributed by atoms with E-state index in [2.05, 4.69) is 26.8 Å². The minimum absolute atomic E-state index is 1.07. The van der Waals surface area contributed by atoms with Crippen LogP contribution in [0.5, 0.6) is 0 Å². The van der Waals surface area contributed by atoms with Crippen LogP contribution in [0.4, 0.5) is 5.69 Å². The number of likely N-dealkylation sites (N-methyl/N-ethyl adjacent to an activating group) is 1. The molecule has 0 amide bonds. The smallest absolute Gasteiger partial charge is 0.115 e. The van der Waals surface area contributed by atoms with Crippen molar-refractivity contribution >= 4 is 5.69 Å². The van der Waals surface area contributed by atoms with Crippen molar-refractivity contribution in [3.05, 3.63) is 18.7 Å². The molecule has 0 atom stereocenters. The summed E-state index contributed by atoms with van der Waals surface area (Å²) < 4.78 is 0. The first-order chi connectivity index (χ1) is 6.36. The van der Waals surface area contributed by atoms with Crippen LogP contribution in [0.1, 0.15) is 0 Å². The van der Waals surface area contributed by atoms with Crippen LogP contribution >= 0.6 is 0 Å². The van der Waals surface area contributed by atoms with E-state index >= 15 is 0 Å². The number of rotatable bonds is 1. The molecule has 1 aromatic rings. The van der Waals surface area contributed by atoms with E-state index in [0.29, 0.717) is 0 Å². The van der Waals surface area contributed by atoms with Crippen molar-refractivity contribution < 1.29 is 0 Å². The highest BCUT2D eigenvalue weighted by Crippen LogP contribution is 2.11. The third-order valence-corrected chi connectivity index (χ3v) is 2.42. The first-order valence-electron chi connectivity index (χ1n) is 4.55. The number of hydrogen-bond acceptors (Lipinski definition) is 4. The highest BCUT2D eigenvalue weighted by atomic mass is 15.3. The fourth-order valence-corrected chi connectivity index (χ4v) is 1.52. The normalized spacial score (nSPS) is 19.0. The number of piperazine rings is 1. The van der Waals surface area contributed by atoms with Gasteiger partial charge in [-0.25, -0.2) is 9.97 Å². The van der Waals surface area contributed by atoms with Gasteiger partial charge >= 0.3 is 0 Å². The quantitative estimate of drug-likeness (QED) is 0.616. The fraction of sp³-hybridized carbons (Fsp3) is 0.556. The van der Waals surface area contributed by atoms with E-state index < -0.39 is 0 Å². The number of anilines is 1. The van der Waals surface area contributed by atoms with Crippen molar-refractivity contribution in [2.75, 3.05) is 38.1 Å². The molecule has 4 nitrogen and oxygen atoms in total. The Kier molecular flexibility index (Phi) is 2.40. The molecule has 0 aromatic carbocycles. The lowest BCUT2D eigenvalue weighted by molar-refractivity contribution is 0.312. The summed E-state index contributed by atoms with van der Waals surface area (Å²) >= 11 is 0. The maximum absolute atomic E-state index is 4.01. The van der Waals surface area contributed by atoms with Crippen molar-refractivity contribution in [2.45, 2.75) is 0 Å². The van der Waals surface area contributed by atoms with E-state index in [9.17, 15) is 0 Å². The molecule has 0 unspecified atom stereocenters. The highest BCUT2D eigenvalue weighted by Gasteiger charge is 2.13. The Hall–Kier alpha value is -1.16. The van der Waals surface area contributed by atoms with Crippen molar-refractivity contribution in [1.82, 2.24) is 14.9 Å². The first kappa shape index (κ1) is 8.44. The summed E-state index contributed by atoms with van der Waals surface area (Å²) in [6.07, 6.45) is 5.32. The Morgan fingerprint density at radius 3 is 2.31 bits per heavy atom. The Balaban J connectivity index is 2.03. The molecule has 2 heterocycles. The molecule has 0 saturated carbocycles. The molecule has 1 saturated heterocycles. The van der Waals surface area contributed by atoms with E-state index in [1.165, 1.54) is 0 Å². The summed E-state index contributed by atoms with van der Waals surface area (Å²) in [4.78, 5) is 12.7. The van der Waals surface area contributed by atoms with Crippen LogP contribution in [-0.2, 0) is 0 Å². The second kappa shape index (κ2) is 3.70.